The Kier molecular flexibility index (Phi) is 14.1. The van der Waals surface area contributed by atoms with Crippen molar-refractivity contribution < 1.29 is 47.8 Å². The van der Waals surface area contributed by atoms with Crippen molar-refractivity contribution >= 4 is 53.4 Å². The third-order valence-corrected chi connectivity index (χ3v) is 5.93. The topological polar surface area (TPSA) is 242 Å². The molecule has 47 heavy (non-hydrogen) atoms. The highest BCUT2D eigenvalue weighted by atomic mass is 16.6. The van der Waals surface area contributed by atoms with Gasteiger partial charge in [0.25, 0.3) is 11.8 Å². The number of anilines is 1. The Morgan fingerprint density at radius 3 is 2.00 bits per heavy atom. The maximum Gasteiger partial charge on any atom is 0.426 e. The number of nitrogens with one attached hydrogen (secondary N) is 7. The number of hydrogen-bond acceptors (Lipinski definition) is 10. The Hall–Kier alpha value is -5.68. The van der Waals surface area contributed by atoms with Crippen LogP contribution in [0.2, 0.25) is 0 Å². The minimum atomic E-state index is -0.991. The van der Waals surface area contributed by atoms with Gasteiger partial charge in [-0.15, -0.1) is 0 Å². The van der Waals surface area contributed by atoms with Gasteiger partial charge in [-0.2, -0.15) is 0 Å². The molecule has 2 atom stereocenters. The standard InChI is InChI=1S/C29H40N8O10/c1-17(32-21(38)12-15-37-22(39)10-11-23(37)40)24(41)33-18(2)25(42)34-20-8-6-19(7-9-20)16-46-28(45)36-35-26(43)30-13-14-31-27(44)47-29(3,4)5/h6-11,17-18H,12-16H2,1-5H3,(H,31,44)(H,32,38)(H,33,41)(H,34,42)(H,36,45)(H2,30,35,43)/t17-,18-/m0/s1. The van der Waals surface area contributed by atoms with E-state index in [0.717, 1.165) is 17.1 Å². The molecule has 1 aromatic rings. The fourth-order valence-electron chi connectivity index (χ4n) is 3.57. The fourth-order valence-corrected chi connectivity index (χ4v) is 3.57. The number of carbonyl (C=O) groups excluding carboxylic acids is 8. The number of hydrogen-bond donors (Lipinski definition) is 7. The highest BCUT2D eigenvalue weighted by Gasteiger charge is 2.25. The van der Waals surface area contributed by atoms with Gasteiger partial charge in [0.15, 0.2) is 0 Å². The molecule has 0 aromatic heterocycles. The first-order valence-electron chi connectivity index (χ1n) is 14.5. The molecule has 9 amide bonds. The second kappa shape index (κ2) is 17.7. The van der Waals surface area contributed by atoms with Crippen molar-refractivity contribution in [2.24, 2.45) is 0 Å². The van der Waals surface area contributed by atoms with Crippen molar-refractivity contribution in [3.63, 3.8) is 0 Å². The van der Waals surface area contributed by atoms with Gasteiger partial charge in [-0.25, -0.2) is 25.2 Å². The lowest BCUT2D eigenvalue weighted by Gasteiger charge is -2.19. The number of benzene rings is 1. The molecule has 0 spiro atoms. The first kappa shape index (κ1) is 37.5. The average Bonchev–Trinajstić information content (AvgIpc) is 3.31. The quantitative estimate of drug-likeness (QED) is 0.0843. The maximum absolute atomic E-state index is 12.6. The van der Waals surface area contributed by atoms with Crippen LogP contribution >= 0.6 is 0 Å². The first-order valence-corrected chi connectivity index (χ1v) is 14.5. The van der Waals surface area contributed by atoms with Crippen molar-refractivity contribution in [3.05, 3.63) is 42.0 Å². The van der Waals surface area contributed by atoms with Gasteiger partial charge in [-0.05, 0) is 52.3 Å². The molecule has 0 aliphatic carbocycles. The number of carbonyl (C=O) groups is 8. The van der Waals surface area contributed by atoms with Gasteiger partial charge in [0.2, 0.25) is 17.7 Å². The van der Waals surface area contributed by atoms with Gasteiger partial charge in [0.1, 0.15) is 24.3 Å². The molecule has 2 rings (SSSR count). The molecule has 0 saturated carbocycles. The van der Waals surface area contributed by atoms with Gasteiger partial charge in [-0.1, -0.05) is 12.1 Å². The molecule has 1 aromatic carbocycles. The molecule has 0 radical (unpaired) electrons. The average molecular weight is 661 g/mol. The van der Waals surface area contributed by atoms with Crippen LogP contribution in [0.1, 0.15) is 46.6 Å². The van der Waals surface area contributed by atoms with Crippen molar-refractivity contribution in [2.75, 3.05) is 25.0 Å². The summed E-state index contributed by atoms with van der Waals surface area (Å²) in [5.41, 5.74) is 4.46. The molecule has 1 heterocycles. The predicted octanol–water partition coefficient (Wildman–Crippen LogP) is -0.0853. The molecule has 0 unspecified atom stereocenters. The monoisotopic (exact) mass is 660 g/mol. The third-order valence-electron chi connectivity index (χ3n) is 5.93. The number of nitrogens with zero attached hydrogens (tertiary/aromatic N) is 1. The van der Waals surface area contributed by atoms with Gasteiger partial charge in [-0.3, -0.25) is 28.9 Å². The minimum absolute atomic E-state index is 0.0697. The smallest absolute Gasteiger partial charge is 0.426 e. The number of hydrazine groups is 1. The molecule has 256 valence electrons. The molecule has 0 bridgehead atoms. The van der Waals surface area contributed by atoms with E-state index in [4.69, 9.17) is 9.47 Å². The normalized spacial score (nSPS) is 13.5. The van der Waals surface area contributed by atoms with E-state index in [9.17, 15) is 38.4 Å². The van der Waals surface area contributed by atoms with E-state index in [2.05, 4.69) is 37.4 Å². The summed E-state index contributed by atoms with van der Waals surface area (Å²) in [5, 5.41) is 12.4. The summed E-state index contributed by atoms with van der Waals surface area (Å²) >= 11 is 0. The van der Waals surface area contributed by atoms with Crippen LogP contribution in [-0.2, 0) is 40.1 Å². The highest BCUT2D eigenvalue weighted by Crippen LogP contribution is 2.11. The maximum atomic E-state index is 12.6. The molecule has 1 aliphatic heterocycles. The van der Waals surface area contributed by atoms with Crippen molar-refractivity contribution in [1.29, 1.82) is 0 Å². The summed E-state index contributed by atoms with van der Waals surface area (Å²) in [6.45, 7) is 7.92. The molecular formula is C29H40N8O10. The van der Waals surface area contributed by atoms with Crippen LogP contribution in [0, 0.1) is 0 Å². The van der Waals surface area contributed by atoms with Gasteiger partial charge in [0.05, 0.1) is 0 Å². The van der Waals surface area contributed by atoms with E-state index in [-0.39, 0.29) is 32.7 Å². The van der Waals surface area contributed by atoms with Crippen LogP contribution in [0.4, 0.5) is 20.1 Å². The molecule has 18 nitrogen and oxygen atoms in total. The first-order chi connectivity index (χ1) is 22.0. The summed E-state index contributed by atoms with van der Waals surface area (Å²) in [7, 11) is 0. The van der Waals surface area contributed by atoms with Gasteiger partial charge >= 0.3 is 18.2 Å². The van der Waals surface area contributed by atoms with Crippen LogP contribution in [0.15, 0.2) is 36.4 Å². The van der Waals surface area contributed by atoms with Crippen LogP contribution in [0.3, 0.4) is 0 Å². The molecule has 7 N–H and O–H groups in total. The number of imide groups is 1. The third kappa shape index (κ3) is 14.3. The summed E-state index contributed by atoms with van der Waals surface area (Å²) < 4.78 is 10.1. The Labute approximate surface area is 270 Å². The van der Waals surface area contributed by atoms with E-state index < -0.39 is 65.4 Å². The van der Waals surface area contributed by atoms with Gasteiger partial charge in [0, 0.05) is 43.9 Å². The number of ether oxygens (including phenoxy) is 2. The van der Waals surface area contributed by atoms with Gasteiger partial charge < -0.3 is 36.1 Å². The van der Waals surface area contributed by atoms with Crippen LogP contribution in [0.25, 0.3) is 0 Å². The zero-order valence-corrected chi connectivity index (χ0v) is 26.7. The van der Waals surface area contributed by atoms with Crippen LogP contribution < -0.4 is 37.4 Å². The van der Waals surface area contributed by atoms with E-state index in [0.29, 0.717) is 11.3 Å². The highest BCUT2D eigenvalue weighted by molar-refractivity contribution is 6.13. The lowest BCUT2D eigenvalue weighted by atomic mass is 10.2. The SMILES string of the molecule is C[C@H](NC(=O)CCN1C(=O)C=CC1=O)C(=O)N[C@@H](C)C(=O)Nc1ccc(COC(=O)NNC(=O)NCCNC(=O)OC(C)(C)C)cc1. The number of urea groups is 1. The summed E-state index contributed by atoms with van der Waals surface area (Å²) in [5.74, 6) is -2.74. The van der Waals surface area contributed by atoms with E-state index in [1.165, 1.54) is 13.8 Å². The zero-order chi connectivity index (χ0) is 35.1. The largest absolute Gasteiger partial charge is 0.444 e. The molecule has 0 saturated heterocycles. The lowest BCUT2D eigenvalue weighted by molar-refractivity contribution is -0.137. The Morgan fingerprint density at radius 2 is 1.38 bits per heavy atom. The van der Waals surface area contributed by atoms with Crippen molar-refractivity contribution in [1.82, 2.24) is 37.0 Å². The Balaban J connectivity index is 1.64. The van der Waals surface area contributed by atoms with Crippen molar-refractivity contribution in [2.45, 2.75) is 65.3 Å². The Bertz CT molecular complexity index is 1360. The zero-order valence-electron chi connectivity index (χ0n) is 26.7. The van der Waals surface area contributed by atoms with E-state index >= 15 is 0 Å². The van der Waals surface area contributed by atoms with E-state index in [1.54, 1.807) is 45.0 Å². The van der Waals surface area contributed by atoms with E-state index in [1.807, 2.05) is 0 Å². The number of alkyl carbamates (subject to hydrolysis) is 1. The van der Waals surface area contributed by atoms with Crippen LogP contribution in [-0.4, -0.2) is 90.0 Å². The molecular weight excluding hydrogens is 620 g/mol. The number of rotatable bonds is 13. The summed E-state index contributed by atoms with van der Waals surface area (Å²) in [6.07, 6.45) is 0.461. The molecule has 1 aliphatic rings. The minimum Gasteiger partial charge on any atom is -0.444 e. The van der Waals surface area contributed by atoms with Crippen LogP contribution in [0.5, 0.6) is 0 Å². The summed E-state index contributed by atoms with van der Waals surface area (Å²) in [4.78, 5) is 96.4. The fraction of sp³-hybridized carbons (Fsp3) is 0.448. The number of amides is 9. The predicted molar refractivity (Wildman–Crippen MR) is 165 cm³/mol. The molecule has 18 heteroatoms. The summed E-state index contributed by atoms with van der Waals surface area (Å²) in [6, 6.07) is 3.58. The second-order valence-electron chi connectivity index (χ2n) is 11.1. The lowest BCUT2D eigenvalue weighted by Crippen LogP contribution is -2.50. The second-order valence-corrected chi connectivity index (χ2v) is 11.1. The van der Waals surface area contributed by atoms with Crippen molar-refractivity contribution in [3.8, 4) is 0 Å². The Morgan fingerprint density at radius 1 is 0.787 bits per heavy atom. The molecule has 0 fully saturated rings.